The minimum absolute atomic E-state index is 0.114. The lowest BCUT2D eigenvalue weighted by Crippen LogP contribution is -2.31. The molecule has 1 aliphatic carbocycles. The highest BCUT2D eigenvalue weighted by molar-refractivity contribution is 14.1. The Balaban J connectivity index is 1.52. The van der Waals surface area contributed by atoms with Gasteiger partial charge in [-0.15, -0.1) is 0 Å². The Kier molecular flexibility index (Phi) is 4.78. The van der Waals surface area contributed by atoms with E-state index in [0.717, 1.165) is 16.9 Å². The molecule has 2 N–H and O–H groups in total. The number of halogens is 1. The molecule has 3 aliphatic rings. The van der Waals surface area contributed by atoms with Crippen molar-refractivity contribution in [2.75, 3.05) is 11.9 Å². The van der Waals surface area contributed by atoms with E-state index in [-0.39, 0.29) is 18.8 Å². The number of hydrogen-bond donors (Lipinski definition) is 2. The molecule has 8 nitrogen and oxygen atoms in total. The molecule has 2 aliphatic heterocycles. The molecule has 28 heavy (non-hydrogen) atoms. The van der Waals surface area contributed by atoms with Crippen molar-refractivity contribution in [3.05, 3.63) is 16.1 Å². The summed E-state index contributed by atoms with van der Waals surface area (Å²) in [5.41, 5.74) is 0.801. The van der Waals surface area contributed by atoms with Crippen LogP contribution in [0.2, 0.25) is 0 Å². The number of nitrogens with zero attached hydrogens (tertiary/aromatic N) is 3. The fourth-order valence-corrected chi connectivity index (χ4v) is 5.09. The van der Waals surface area contributed by atoms with E-state index in [9.17, 15) is 5.11 Å². The summed E-state index contributed by atoms with van der Waals surface area (Å²) in [4.78, 5) is 9.32. The van der Waals surface area contributed by atoms with E-state index in [2.05, 4.69) is 37.9 Å². The lowest BCUT2D eigenvalue weighted by Gasteiger charge is -2.24. The van der Waals surface area contributed by atoms with Crippen molar-refractivity contribution in [1.82, 2.24) is 14.5 Å². The Morgan fingerprint density at radius 3 is 2.75 bits per heavy atom. The van der Waals surface area contributed by atoms with Crippen molar-refractivity contribution in [2.45, 2.75) is 75.9 Å². The van der Waals surface area contributed by atoms with Crippen LogP contribution in [0, 0.1) is 3.83 Å². The second-order valence-electron chi connectivity index (χ2n) is 8.24. The van der Waals surface area contributed by atoms with E-state index in [0.29, 0.717) is 9.87 Å². The molecule has 2 aromatic heterocycles. The standard InChI is InChI=1S/C19H25IN4O4/c1-19(2)27-13-12(9-25)26-17(14(13)28-19)24-8-7-11-15(21-10-5-3-4-6-10)22-18(20)23-16(11)24/h7-8,10,12-14,17,25H,3-6,9H2,1-2H3,(H,21,22,23)/t12-,13-,14-,17-/m1/s1. The topological polar surface area (TPSA) is 90.7 Å². The number of aliphatic hydroxyl groups excluding tert-OH is 1. The average Bonchev–Trinajstić information content (AvgIpc) is 3.38. The normalized spacial score (nSPS) is 32.3. The fraction of sp³-hybridized carbons (Fsp3) is 0.684. The van der Waals surface area contributed by atoms with Crippen LogP contribution in [0.3, 0.4) is 0 Å². The summed E-state index contributed by atoms with van der Waals surface area (Å²) in [6, 6.07) is 2.49. The van der Waals surface area contributed by atoms with Crippen LogP contribution in [0.25, 0.3) is 11.0 Å². The van der Waals surface area contributed by atoms with Crippen molar-refractivity contribution in [1.29, 1.82) is 0 Å². The molecule has 0 bridgehead atoms. The second kappa shape index (κ2) is 7.05. The highest BCUT2D eigenvalue weighted by Gasteiger charge is 2.55. The minimum Gasteiger partial charge on any atom is -0.394 e. The van der Waals surface area contributed by atoms with Gasteiger partial charge in [-0.1, -0.05) is 12.8 Å². The van der Waals surface area contributed by atoms with Gasteiger partial charge in [0, 0.05) is 34.8 Å². The van der Waals surface area contributed by atoms with Crippen LogP contribution in [0.1, 0.15) is 45.8 Å². The maximum Gasteiger partial charge on any atom is 0.194 e. The molecule has 1 saturated carbocycles. The van der Waals surface area contributed by atoms with E-state index < -0.39 is 18.1 Å². The number of ether oxygens (including phenoxy) is 3. The lowest BCUT2D eigenvalue weighted by molar-refractivity contribution is -0.199. The van der Waals surface area contributed by atoms with Crippen LogP contribution in [0.5, 0.6) is 0 Å². The predicted molar refractivity (Wildman–Crippen MR) is 111 cm³/mol. The first-order valence-electron chi connectivity index (χ1n) is 9.88. The van der Waals surface area contributed by atoms with Gasteiger partial charge in [0.05, 0.1) is 12.0 Å². The van der Waals surface area contributed by atoms with Crippen LogP contribution in [-0.4, -0.2) is 56.4 Å². The van der Waals surface area contributed by atoms with Crippen LogP contribution in [-0.2, 0) is 14.2 Å². The van der Waals surface area contributed by atoms with Gasteiger partial charge in [-0.05, 0) is 32.8 Å². The molecule has 0 spiro atoms. The van der Waals surface area contributed by atoms with Gasteiger partial charge in [-0.2, -0.15) is 0 Å². The van der Waals surface area contributed by atoms with Gasteiger partial charge >= 0.3 is 0 Å². The van der Waals surface area contributed by atoms with Crippen molar-refractivity contribution >= 4 is 39.4 Å². The third kappa shape index (κ3) is 3.20. The largest absolute Gasteiger partial charge is 0.394 e. The van der Waals surface area contributed by atoms with E-state index >= 15 is 0 Å². The summed E-state index contributed by atoms with van der Waals surface area (Å²) in [7, 11) is 0. The third-order valence-electron chi connectivity index (χ3n) is 5.82. The summed E-state index contributed by atoms with van der Waals surface area (Å²) >= 11 is 2.15. The fourth-order valence-electron chi connectivity index (χ4n) is 4.62. The van der Waals surface area contributed by atoms with Gasteiger partial charge < -0.3 is 29.2 Å². The molecule has 0 unspecified atom stereocenters. The number of hydrogen-bond acceptors (Lipinski definition) is 7. The van der Waals surface area contributed by atoms with E-state index in [1.54, 1.807) is 0 Å². The molecule has 9 heteroatoms. The zero-order valence-corrected chi connectivity index (χ0v) is 18.1. The molecule has 2 saturated heterocycles. The molecule has 0 amide bonds. The molecule has 0 radical (unpaired) electrons. The first-order chi connectivity index (χ1) is 13.4. The lowest BCUT2D eigenvalue weighted by atomic mass is 10.1. The highest BCUT2D eigenvalue weighted by atomic mass is 127. The zero-order chi connectivity index (χ0) is 19.5. The smallest absolute Gasteiger partial charge is 0.194 e. The van der Waals surface area contributed by atoms with Crippen LogP contribution >= 0.6 is 22.6 Å². The molecule has 2 aromatic rings. The SMILES string of the molecule is CC1(C)O[C@@H]2[C@H](O1)[C@@H](CO)O[C@H]2n1ccc2c(NC3CCCC3)nc(I)nc21. The summed E-state index contributed by atoms with van der Waals surface area (Å²) in [6.45, 7) is 3.66. The third-order valence-corrected chi connectivity index (χ3v) is 6.30. The molecule has 4 heterocycles. The van der Waals surface area contributed by atoms with Gasteiger partial charge in [0.25, 0.3) is 0 Å². The Labute approximate surface area is 177 Å². The molecule has 3 fully saturated rings. The van der Waals surface area contributed by atoms with E-state index in [1.165, 1.54) is 25.7 Å². The molecule has 152 valence electrons. The second-order valence-corrected chi connectivity index (χ2v) is 9.20. The number of rotatable bonds is 4. The van der Waals surface area contributed by atoms with Crippen molar-refractivity contribution in [3.63, 3.8) is 0 Å². The molecular formula is C19H25IN4O4. The maximum absolute atomic E-state index is 9.75. The zero-order valence-electron chi connectivity index (χ0n) is 16.0. The van der Waals surface area contributed by atoms with Gasteiger partial charge in [-0.3, -0.25) is 0 Å². The average molecular weight is 500 g/mol. The molecule has 4 atom stereocenters. The minimum atomic E-state index is -0.702. The Bertz CT molecular complexity index is 882. The summed E-state index contributed by atoms with van der Waals surface area (Å²) < 4.78 is 20.9. The number of aliphatic hydroxyl groups is 1. The summed E-state index contributed by atoms with van der Waals surface area (Å²) in [5, 5.41) is 14.3. The summed E-state index contributed by atoms with van der Waals surface area (Å²) in [5.74, 6) is 0.170. The first-order valence-corrected chi connectivity index (χ1v) is 11.0. The molecule has 0 aromatic carbocycles. The van der Waals surface area contributed by atoms with Crippen molar-refractivity contribution < 1.29 is 19.3 Å². The van der Waals surface area contributed by atoms with Crippen molar-refractivity contribution in [2.24, 2.45) is 0 Å². The van der Waals surface area contributed by atoms with Crippen molar-refractivity contribution in [3.8, 4) is 0 Å². The van der Waals surface area contributed by atoms with Gasteiger partial charge in [0.2, 0.25) is 0 Å². The van der Waals surface area contributed by atoms with Crippen LogP contribution < -0.4 is 5.32 Å². The number of anilines is 1. The Morgan fingerprint density at radius 2 is 2.00 bits per heavy atom. The monoisotopic (exact) mass is 500 g/mol. The number of fused-ring (bicyclic) bond motifs is 2. The quantitative estimate of drug-likeness (QED) is 0.493. The van der Waals surface area contributed by atoms with Gasteiger partial charge in [0.1, 0.15) is 29.8 Å². The predicted octanol–water partition coefficient (Wildman–Crippen LogP) is 2.80. The maximum atomic E-state index is 9.75. The van der Waals surface area contributed by atoms with Crippen LogP contribution in [0.4, 0.5) is 5.82 Å². The van der Waals surface area contributed by atoms with Crippen LogP contribution in [0.15, 0.2) is 12.3 Å². The molecular weight excluding hydrogens is 475 g/mol. The van der Waals surface area contributed by atoms with Gasteiger partial charge in [0.15, 0.2) is 15.8 Å². The van der Waals surface area contributed by atoms with E-state index in [4.69, 9.17) is 14.2 Å². The molecule has 5 rings (SSSR count). The van der Waals surface area contributed by atoms with E-state index in [1.807, 2.05) is 30.7 Å². The number of nitrogens with one attached hydrogen (secondary N) is 1. The first kappa shape index (κ1) is 19.0. The highest BCUT2D eigenvalue weighted by Crippen LogP contribution is 2.44. The van der Waals surface area contributed by atoms with Gasteiger partial charge in [-0.25, -0.2) is 9.97 Å². The Morgan fingerprint density at radius 1 is 1.25 bits per heavy atom. The Hall–Kier alpha value is -1.01. The summed E-state index contributed by atoms with van der Waals surface area (Å²) in [6.07, 6.45) is 5.40. The number of aromatic nitrogens is 3.